The lowest BCUT2D eigenvalue weighted by Crippen LogP contribution is -2.30. The van der Waals surface area contributed by atoms with Gasteiger partial charge in [-0.25, -0.2) is 4.98 Å². The maximum atomic E-state index is 9.96. The fraction of sp³-hybridized carbons (Fsp3) is 0.364. The van der Waals surface area contributed by atoms with Gasteiger partial charge in [-0.15, -0.1) is 0 Å². The van der Waals surface area contributed by atoms with Crippen molar-refractivity contribution in [3.05, 3.63) is 36.3 Å². The molecule has 2 atom stereocenters. The second-order valence-corrected chi connectivity index (χ2v) is 3.68. The van der Waals surface area contributed by atoms with E-state index in [1.54, 1.807) is 17.6 Å². The standard InChI is InChI=1S/C11H15N3O2/c1-12-7-9(15)11(16)8-6-13-10-4-2-3-5-14(8)10/h2-6,9,11-12,15-16H,7H2,1H3. The Kier molecular flexibility index (Phi) is 3.19. The SMILES string of the molecule is CNCC(O)C(O)c1cnc2ccccn12. The molecule has 0 aliphatic heterocycles. The van der Waals surface area contributed by atoms with Gasteiger partial charge in [0.05, 0.1) is 18.0 Å². The van der Waals surface area contributed by atoms with Gasteiger partial charge in [0.2, 0.25) is 0 Å². The highest BCUT2D eigenvalue weighted by Crippen LogP contribution is 2.17. The van der Waals surface area contributed by atoms with Gasteiger partial charge in [0.25, 0.3) is 0 Å². The Hall–Kier alpha value is -1.43. The number of nitrogens with one attached hydrogen (secondary N) is 1. The lowest BCUT2D eigenvalue weighted by molar-refractivity contribution is 0.0172. The van der Waals surface area contributed by atoms with E-state index in [2.05, 4.69) is 10.3 Å². The molecule has 0 fully saturated rings. The van der Waals surface area contributed by atoms with Gasteiger partial charge in [-0.3, -0.25) is 0 Å². The smallest absolute Gasteiger partial charge is 0.136 e. The number of aromatic nitrogens is 2. The van der Waals surface area contributed by atoms with Gasteiger partial charge in [-0.2, -0.15) is 0 Å². The van der Waals surface area contributed by atoms with Crippen LogP contribution in [0.5, 0.6) is 0 Å². The molecule has 0 spiro atoms. The largest absolute Gasteiger partial charge is 0.389 e. The molecule has 0 amide bonds. The summed E-state index contributed by atoms with van der Waals surface area (Å²) in [6.45, 7) is 0.335. The number of hydrogen-bond acceptors (Lipinski definition) is 4. The van der Waals surface area contributed by atoms with Crippen molar-refractivity contribution in [3.8, 4) is 0 Å². The van der Waals surface area contributed by atoms with Gasteiger partial charge in [0, 0.05) is 12.7 Å². The zero-order valence-corrected chi connectivity index (χ0v) is 9.04. The van der Waals surface area contributed by atoms with Crippen molar-refractivity contribution in [1.82, 2.24) is 14.7 Å². The van der Waals surface area contributed by atoms with Crippen molar-refractivity contribution in [1.29, 1.82) is 0 Å². The lowest BCUT2D eigenvalue weighted by Gasteiger charge is -2.16. The maximum Gasteiger partial charge on any atom is 0.136 e. The summed E-state index contributed by atoms with van der Waals surface area (Å²) in [7, 11) is 1.73. The van der Waals surface area contributed by atoms with Crippen molar-refractivity contribution < 1.29 is 10.2 Å². The number of likely N-dealkylation sites (N-methyl/N-ethyl adjacent to an activating group) is 1. The fourth-order valence-corrected chi connectivity index (χ4v) is 1.69. The van der Waals surface area contributed by atoms with Crippen molar-refractivity contribution in [2.24, 2.45) is 0 Å². The molecule has 3 N–H and O–H groups in total. The highest BCUT2D eigenvalue weighted by Gasteiger charge is 2.20. The third-order valence-electron chi connectivity index (χ3n) is 2.53. The first-order valence-electron chi connectivity index (χ1n) is 5.16. The number of pyridine rings is 1. The Bertz CT molecular complexity index is 469. The van der Waals surface area contributed by atoms with Crippen LogP contribution in [0.1, 0.15) is 11.8 Å². The fourth-order valence-electron chi connectivity index (χ4n) is 1.69. The Morgan fingerprint density at radius 1 is 1.44 bits per heavy atom. The summed E-state index contributed by atoms with van der Waals surface area (Å²) in [5, 5.41) is 22.5. The van der Waals surface area contributed by atoms with E-state index in [1.807, 2.05) is 24.4 Å². The summed E-state index contributed by atoms with van der Waals surface area (Å²) in [5.41, 5.74) is 1.35. The minimum atomic E-state index is -0.940. The van der Waals surface area contributed by atoms with Crippen LogP contribution in [0.25, 0.3) is 5.65 Å². The normalized spacial score (nSPS) is 15.2. The summed E-state index contributed by atoms with van der Waals surface area (Å²) in [4.78, 5) is 4.15. The molecule has 2 aromatic rings. The minimum Gasteiger partial charge on any atom is -0.389 e. The average Bonchev–Trinajstić information content (AvgIpc) is 2.72. The number of fused-ring (bicyclic) bond motifs is 1. The molecular weight excluding hydrogens is 206 g/mol. The molecular formula is C11H15N3O2. The maximum absolute atomic E-state index is 9.96. The summed E-state index contributed by atoms with van der Waals surface area (Å²) in [6.07, 6.45) is 1.61. The van der Waals surface area contributed by atoms with E-state index in [-0.39, 0.29) is 0 Å². The molecule has 0 saturated carbocycles. The molecule has 0 aliphatic rings. The first kappa shape index (κ1) is 11.1. The van der Waals surface area contributed by atoms with Gasteiger partial charge in [-0.1, -0.05) is 6.07 Å². The van der Waals surface area contributed by atoms with Crippen molar-refractivity contribution >= 4 is 5.65 Å². The molecule has 0 saturated heterocycles. The second-order valence-electron chi connectivity index (χ2n) is 3.68. The molecule has 86 valence electrons. The molecule has 2 heterocycles. The van der Waals surface area contributed by atoms with Crippen LogP contribution in [0.2, 0.25) is 0 Å². The average molecular weight is 221 g/mol. The summed E-state index contributed by atoms with van der Waals surface area (Å²) >= 11 is 0. The zero-order chi connectivity index (χ0) is 11.5. The van der Waals surface area contributed by atoms with Gasteiger partial charge in [0.15, 0.2) is 0 Å². The molecule has 0 aliphatic carbocycles. The van der Waals surface area contributed by atoms with Crippen LogP contribution in [0.15, 0.2) is 30.6 Å². The van der Waals surface area contributed by atoms with Crippen molar-refractivity contribution in [3.63, 3.8) is 0 Å². The summed E-state index contributed by atoms with van der Waals surface area (Å²) in [6, 6.07) is 5.58. The van der Waals surface area contributed by atoms with Gasteiger partial charge >= 0.3 is 0 Å². The molecule has 2 unspecified atom stereocenters. The molecule has 2 rings (SSSR count). The quantitative estimate of drug-likeness (QED) is 0.677. The van der Waals surface area contributed by atoms with Gasteiger partial charge < -0.3 is 19.9 Å². The highest BCUT2D eigenvalue weighted by molar-refractivity contribution is 5.40. The number of aliphatic hydroxyl groups is 2. The van der Waals surface area contributed by atoms with E-state index in [4.69, 9.17) is 0 Å². The van der Waals surface area contributed by atoms with E-state index in [1.165, 1.54) is 0 Å². The number of nitrogens with zero attached hydrogens (tertiary/aromatic N) is 2. The first-order valence-corrected chi connectivity index (χ1v) is 5.16. The Morgan fingerprint density at radius 3 is 3.00 bits per heavy atom. The van der Waals surface area contributed by atoms with E-state index in [0.29, 0.717) is 12.2 Å². The predicted molar refractivity (Wildman–Crippen MR) is 60.1 cm³/mol. The van der Waals surface area contributed by atoms with Crippen molar-refractivity contribution in [2.45, 2.75) is 12.2 Å². The predicted octanol–water partition coefficient (Wildman–Crippen LogP) is -0.0520. The van der Waals surface area contributed by atoms with Crippen molar-refractivity contribution in [2.75, 3.05) is 13.6 Å². The van der Waals surface area contributed by atoms with Gasteiger partial charge in [0.1, 0.15) is 11.8 Å². The number of imidazole rings is 1. The van der Waals surface area contributed by atoms with Crippen LogP contribution in [-0.4, -0.2) is 39.3 Å². The summed E-state index contributed by atoms with van der Waals surface area (Å²) in [5.74, 6) is 0. The number of hydrogen-bond donors (Lipinski definition) is 3. The molecule has 0 bridgehead atoms. The lowest BCUT2D eigenvalue weighted by atomic mass is 10.1. The van der Waals surface area contributed by atoms with E-state index in [9.17, 15) is 10.2 Å². The topological polar surface area (TPSA) is 69.8 Å². The number of aliphatic hydroxyl groups excluding tert-OH is 2. The number of rotatable bonds is 4. The molecule has 16 heavy (non-hydrogen) atoms. The Balaban J connectivity index is 2.32. The molecule has 5 heteroatoms. The van der Waals surface area contributed by atoms with Crippen LogP contribution in [-0.2, 0) is 0 Å². The van der Waals surface area contributed by atoms with Crippen LogP contribution in [0, 0.1) is 0 Å². The molecule has 0 aromatic carbocycles. The van der Waals surface area contributed by atoms with E-state index in [0.717, 1.165) is 5.65 Å². The third kappa shape index (κ3) is 1.92. The van der Waals surface area contributed by atoms with Crippen LogP contribution >= 0.6 is 0 Å². The van der Waals surface area contributed by atoms with Gasteiger partial charge in [-0.05, 0) is 19.2 Å². The Morgan fingerprint density at radius 2 is 2.25 bits per heavy atom. The molecule has 5 nitrogen and oxygen atoms in total. The summed E-state index contributed by atoms with van der Waals surface area (Å²) < 4.78 is 1.77. The minimum absolute atomic E-state index is 0.335. The van der Waals surface area contributed by atoms with Crippen LogP contribution < -0.4 is 5.32 Å². The molecule has 2 aromatic heterocycles. The first-order chi connectivity index (χ1) is 7.74. The second kappa shape index (κ2) is 4.61. The Labute approximate surface area is 93.4 Å². The third-order valence-corrected chi connectivity index (χ3v) is 2.53. The zero-order valence-electron chi connectivity index (χ0n) is 9.04. The monoisotopic (exact) mass is 221 g/mol. The van der Waals surface area contributed by atoms with Crippen LogP contribution in [0.3, 0.4) is 0 Å². The van der Waals surface area contributed by atoms with E-state index < -0.39 is 12.2 Å². The van der Waals surface area contributed by atoms with E-state index >= 15 is 0 Å². The van der Waals surface area contributed by atoms with Crippen LogP contribution in [0.4, 0.5) is 0 Å². The molecule has 0 radical (unpaired) electrons. The highest BCUT2D eigenvalue weighted by atomic mass is 16.3.